The van der Waals surface area contributed by atoms with Crippen LogP contribution in [-0.4, -0.2) is 25.0 Å². The number of nitrogens with two attached hydrogens (primary N) is 1. The van der Waals surface area contributed by atoms with Crippen LogP contribution in [0.15, 0.2) is 0 Å². The van der Waals surface area contributed by atoms with Crippen LogP contribution in [0, 0.1) is 13.8 Å². The van der Waals surface area contributed by atoms with Crippen LogP contribution in [0.25, 0.3) is 0 Å². The smallest absolute Gasteiger partial charge is 0.203 e. The normalized spacial score (nSPS) is 10.7. The Hall–Kier alpha value is -1.50. The van der Waals surface area contributed by atoms with Gasteiger partial charge in [0.25, 0.3) is 0 Å². The molecule has 14 heavy (non-hydrogen) atoms. The van der Waals surface area contributed by atoms with Crippen molar-refractivity contribution in [3.8, 4) is 0 Å². The van der Waals surface area contributed by atoms with Crippen LogP contribution in [0.3, 0.4) is 0 Å². The Kier molecular flexibility index (Phi) is 2.16. The summed E-state index contributed by atoms with van der Waals surface area (Å²) in [6.45, 7) is 4.35. The number of rotatable bonds is 2. The van der Waals surface area contributed by atoms with Gasteiger partial charge in [-0.3, -0.25) is 0 Å². The van der Waals surface area contributed by atoms with Crippen molar-refractivity contribution in [1.82, 2.24) is 25.0 Å². The van der Waals surface area contributed by atoms with E-state index in [1.807, 2.05) is 13.8 Å². The van der Waals surface area contributed by atoms with Gasteiger partial charge < -0.3 is 5.73 Å². The minimum atomic E-state index is 0.481. The first-order chi connectivity index (χ1) is 6.65. The number of anilines is 1. The third kappa shape index (κ3) is 1.72. The van der Waals surface area contributed by atoms with Crippen LogP contribution in [-0.2, 0) is 6.54 Å². The molecule has 0 amide bonds. The highest BCUT2D eigenvalue weighted by atomic mass is 32.1. The molecule has 2 aromatic rings. The molecule has 0 bridgehead atoms. The van der Waals surface area contributed by atoms with E-state index in [1.54, 1.807) is 4.68 Å². The molecule has 0 saturated heterocycles. The highest BCUT2D eigenvalue weighted by molar-refractivity contribution is 7.15. The third-order valence-corrected chi connectivity index (χ3v) is 2.47. The molecule has 2 aromatic heterocycles. The Labute approximate surface area is 84.8 Å². The van der Waals surface area contributed by atoms with Crippen molar-refractivity contribution < 1.29 is 0 Å². The number of aromatic nitrogens is 5. The molecule has 0 fully saturated rings. The highest BCUT2D eigenvalue weighted by Gasteiger charge is 2.06. The van der Waals surface area contributed by atoms with E-state index in [9.17, 15) is 0 Å². The number of hydrogen-bond donors (Lipinski definition) is 1. The van der Waals surface area contributed by atoms with Crippen molar-refractivity contribution in [2.24, 2.45) is 0 Å². The molecule has 0 spiro atoms. The molecule has 0 aliphatic carbocycles. The molecule has 0 aliphatic rings. The predicted octanol–water partition coefficient (Wildman–Crippen LogP) is 0.377. The predicted molar refractivity (Wildman–Crippen MR) is 52.9 cm³/mol. The fourth-order valence-electron chi connectivity index (χ4n) is 1.17. The summed E-state index contributed by atoms with van der Waals surface area (Å²) in [4.78, 5) is 4.19. The summed E-state index contributed by atoms with van der Waals surface area (Å²) in [5.74, 6) is 1.64. The average Bonchev–Trinajstić information content (AvgIpc) is 2.61. The zero-order valence-corrected chi connectivity index (χ0v) is 8.75. The first-order valence-electron chi connectivity index (χ1n) is 4.11. The van der Waals surface area contributed by atoms with E-state index in [0.29, 0.717) is 11.7 Å². The van der Waals surface area contributed by atoms with Crippen molar-refractivity contribution >= 4 is 16.5 Å². The summed E-state index contributed by atoms with van der Waals surface area (Å²) in [5, 5.41) is 13.2. The summed E-state index contributed by atoms with van der Waals surface area (Å²) in [5.41, 5.74) is 5.48. The molecule has 0 aromatic carbocycles. The molecular formula is C7H10N6S. The molecule has 0 atom stereocenters. The van der Waals surface area contributed by atoms with Crippen molar-refractivity contribution in [2.75, 3.05) is 5.73 Å². The Morgan fingerprint density at radius 3 is 2.64 bits per heavy atom. The summed E-state index contributed by atoms with van der Waals surface area (Å²) in [6.07, 6.45) is 0. The molecule has 7 heteroatoms. The average molecular weight is 210 g/mol. The Bertz CT molecular complexity index is 445. The fraction of sp³-hybridized carbons (Fsp3) is 0.429. The van der Waals surface area contributed by atoms with Gasteiger partial charge in [0.1, 0.15) is 16.7 Å². The first-order valence-corrected chi connectivity index (χ1v) is 4.92. The van der Waals surface area contributed by atoms with Gasteiger partial charge in [-0.25, -0.2) is 9.67 Å². The summed E-state index contributed by atoms with van der Waals surface area (Å²) >= 11 is 1.37. The Morgan fingerprint density at radius 2 is 2.14 bits per heavy atom. The van der Waals surface area contributed by atoms with Gasteiger partial charge in [-0.15, -0.1) is 10.2 Å². The number of hydrogen-bond acceptors (Lipinski definition) is 6. The largest absolute Gasteiger partial charge is 0.374 e. The number of nitrogens with zero attached hydrogens (tertiary/aromatic N) is 5. The van der Waals surface area contributed by atoms with Crippen LogP contribution >= 0.6 is 11.3 Å². The van der Waals surface area contributed by atoms with Crippen LogP contribution in [0.4, 0.5) is 5.13 Å². The molecule has 2 N–H and O–H groups in total. The maximum Gasteiger partial charge on any atom is 0.203 e. The van der Waals surface area contributed by atoms with E-state index < -0.39 is 0 Å². The molecule has 74 valence electrons. The lowest BCUT2D eigenvalue weighted by atomic mass is 10.6. The molecular weight excluding hydrogens is 200 g/mol. The zero-order valence-electron chi connectivity index (χ0n) is 7.93. The summed E-state index contributed by atoms with van der Waals surface area (Å²) < 4.78 is 1.79. The van der Waals surface area contributed by atoms with Gasteiger partial charge in [0.2, 0.25) is 5.13 Å². The van der Waals surface area contributed by atoms with Gasteiger partial charge in [-0.1, -0.05) is 11.3 Å². The minimum absolute atomic E-state index is 0.481. The van der Waals surface area contributed by atoms with Gasteiger partial charge in [0.15, 0.2) is 0 Å². The molecule has 0 saturated carbocycles. The highest BCUT2D eigenvalue weighted by Crippen LogP contribution is 2.12. The SMILES string of the molecule is Cc1nc(C)n(Cc2nnc(N)s2)n1. The summed E-state index contributed by atoms with van der Waals surface area (Å²) in [6, 6.07) is 0. The lowest BCUT2D eigenvalue weighted by Crippen LogP contribution is -2.03. The maximum atomic E-state index is 5.48. The van der Waals surface area contributed by atoms with Crippen molar-refractivity contribution in [3.63, 3.8) is 0 Å². The monoisotopic (exact) mass is 210 g/mol. The molecule has 0 radical (unpaired) electrons. The number of nitrogen functional groups attached to an aromatic ring is 1. The van der Waals surface area contributed by atoms with Crippen LogP contribution in [0.2, 0.25) is 0 Å². The van der Waals surface area contributed by atoms with E-state index in [-0.39, 0.29) is 0 Å². The molecule has 6 nitrogen and oxygen atoms in total. The van der Waals surface area contributed by atoms with Gasteiger partial charge in [-0.2, -0.15) is 5.10 Å². The van der Waals surface area contributed by atoms with E-state index in [0.717, 1.165) is 16.7 Å². The minimum Gasteiger partial charge on any atom is -0.374 e. The standard InChI is InChI=1S/C7H10N6S/c1-4-9-5(2)13(12-4)3-6-10-11-7(8)14-6/h3H2,1-2H3,(H2,8,11). The van der Waals surface area contributed by atoms with E-state index in [1.165, 1.54) is 11.3 Å². The van der Waals surface area contributed by atoms with Crippen molar-refractivity contribution in [3.05, 3.63) is 16.7 Å². The van der Waals surface area contributed by atoms with Crippen molar-refractivity contribution in [2.45, 2.75) is 20.4 Å². The topological polar surface area (TPSA) is 82.5 Å². The summed E-state index contributed by atoms with van der Waals surface area (Å²) in [7, 11) is 0. The molecule has 0 unspecified atom stereocenters. The fourth-order valence-corrected chi connectivity index (χ4v) is 1.76. The molecule has 2 rings (SSSR count). The Morgan fingerprint density at radius 1 is 1.36 bits per heavy atom. The quantitative estimate of drug-likeness (QED) is 0.774. The first kappa shape index (κ1) is 9.07. The van der Waals surface area contributed by atoms with Crippen molar-refractivity contribution in [1.29, 1.82) is 0 Å². The third-order valence-electron chi connectivity index (χ3n) is 1.73. The lowest BCUT2D eigenvalue weighted by Gasteiger charge is -1.97. The van der Waals surface area contributed by atoms with Crippen LogP contribution in [0.5, 0.6) is 0 Å². The second kappa shape index (κ2) is 3.33. The molecule has 0 aliphatic heterocycles. The second-order valence-corrected chi connectivity index (χ2v) is 3.99. The molecule has 2 heterocycles. The zero-order chi connectivity index (χ0) is 10.1. The Balaban J connectivity index is 2.22. The van der Waals surface area contributed by atoms with Gasteiger partial charge in [0.05, 0.1) is 6.54 Å². The van der Waals surface area contributed by atoms with E-state index >= 15 is 0 Å². The lowest BCUT2D eigenvalue weighted by molar-refractivity contribution is 0.648. The van der Waals surface area contributed by atoms with E-state index in [2.05, 4.69) is 20.3 Å². The van der Waals surface area contributed by atoms with Gasteiger partial charge in [0, 0.05) is 0 Å². The number of aryl methyl sites for hydroxylation is 2. The van der Waals surface area contributed by atoms with Crippen LogP contribution < -0.4 is 5.73 Å². The van der Waals surface area contributed by atoms with Crippen LogP contribution in [0.1, 0.15) is 16.7 Å². The van der Waals surface area contributed by atoms with E-state index in [4.69, 9.17) is 5.73 Å². The maximum absolute atomic E-state index is 5.48. The second-order valence-electron chi connectivity index (χ2n) is 2.90. The van der Waals surface area contributed by atoms with Gasteiger partial charge >= 0.3 is 0 Å². The van der Waals surface area contributed by atoms with Gasteiger partial charge in [-0.05, 0) is 13.8 Å².